The lowest BCUT2D eigenvalue weighted by molar-refractivity contribution is -0.167. The molecule has 0 aliphatic rings. The summed E-state index contributed by atoms with van der Waals surface area (Å²) in [5, 5.41) is 0. The van der Waals surface area contributed by atoms with Crippen LogP contribution in [0, 0.1) is 0 Å². The van der Waals surface area contributed by atoms with Crippen LogP contribution in [0.3, 0.4) is 0 Å². The van der Waals surface area contributed by atoms with Crippen LogP contribution >= 0.6 is 0 Å². The fourth-order valence-electron chi connectivity index (χ4n) is 9.54. The maximum atomic E-state index is 12.9. The number of allylic oxidation sites excluding steroid dienone is 16. The van der Waals surface area contributed by atoms with E-state index in [-0.39, 0.29) is 31.1 Å². The van der Waals surface area contributed by atoms with E-state index in [1.165, 1.54) is 180 Å². The van der Waals surface area contributed by atoms with Crippen molar-refractivity contribution in [2.45, 2.75) is 335 Å². The highest BCUT2D eigenvalue weighted by atomic mass is 16.6. The second-order valence-electron chi connectivity index (χ2n) is 22.4. The monoisotopic (exact) mass is 1100 g/mol. The molecule has 0 fully saturated rings. The summed E-state index contributed by atoms with van der Waals surface area (Å²) in [4.78, 5) is 38.4. The van der Waals surface area contributed by atoms with E-state index in [0.717, 1.165) is 109 Å². The van der Waals surface area contributed by atoms with Gasteiger partial charge in [-0.3, -0.25) is 14.4 Å². The van der Waals surface area contributed by atoms with Gasteiger partial charge in [-0.05, 0) is 103 Å². The Kier molecular flexibility index (Phi) is 63.7. The largest absolute Gasteiger partial charge is 0.462 e. The summed E-state index contributed by atoms with van der Waals surface area (Å²) in [6.45, 7) is 6.53. The van der Waals surface area contributed by atoms with Crippen LogP contribution in [0.4, 0.5) is 0 Å². The molecule has 1 atom stereocenters. The summed E-state index contributed by atoms with van der Waals surface area (Å²) < 4.78 is 17.0. The van der Waals surface area contributed by atoms with Crippen LogP contribution in [-0.2, 0) is 28.6 Å². The van der Waals surface area contributed by atoms with Crippen LogP contribution in [-0.4, -0.2) is 37.2 Å². The molecule has 454 valence electrons. The Morgan fingerprint density at radius 2 is 0.494 bits per heavy atom. The van der Waals surface area contributed by atoms with Crippen molar-refractivity contribution in [2.75, 3.05) is 13.2 Å². The molecule has 0 N–H and O–H groups in total. The third-order valence-electron chi connectivity index (χ3n) is 14.6. The van der Waals surface area contributed by atoms with Gasteiger partial charge >= 0.3 is 17.9 Å². The highest BCUT2D eigenvalue weighted by molar-refractivity contribution is 5.71. The maximum absolute atomic E-state index is 12.9. The van der Waals surface area contributed by atoms with Gasteiger partial charge in [0.05, 0.1) is 0 Å². The summed E-state index contributed by atoms with van der Waals surface area (Å²) in [7, 11) is 0. The smallest absolute Gasteiger partial charge is 0.306 e. The molecule has 0 radical (unpaired) electrons. The minimum Gasteiger partial charge on any atom is -0.462 e. The zero-order chi connectivity index (χ0) is 57.1. The van der Waals surface area contributed by atoms with Crippen LogP contribution in [0.1, 0.15) is 329 Å². The van der Waals surface area contributed by atoms with E-state index in [4.69, 9.17) is 14.2 Å². The molecule has 0 saturated carbocycles. The Morgan fingerprint density at radius 1 is 0.266 bits per heavy atom. The lowest BCUT2D eigenvalue weighted by atomic mass is 10.0. The van der Waals surface area contributed by atoms with Crippen molar-refractivity contribution in [1.29, 1.82) is 0 Å². The number of hydrogen-bond acceptors (Lipinski definition) is 6. The fraction of sp³-hybridized carbons (Fsp3) is 0.740. The van der Waals surface area contributed by atoms with Crippen molar-refractivity contribution in [2.24, 2.45) is 0 Å². The quantitative estimate of drug-likeness (QED) is 0.0261. The molecule has 0 aliphatic heterocycles. The first-order valence-corrected chi connectivity index (χ1v) is 33.7. The SMILES string of the molecule is CC/C=C\C/C=C\C/C=C\C/C=C\C/C=C\C/C=C\CCCCCCCCCCCCC(=O)OCC(COC(=O)CCCCCCCCCCCCCCCCC)OC(=O)CCCCCCCCC/C=C\C/C=C\CCCCC. The molecule has 0 amide bonds. The third-order valence-corrected chi connectivity index (χ3v) is 14.6. The normalized spacial score (nSPS) is 12.7. The minimum absolute atomic E-state index is 0.0784. The Hall–Kier alpha value is -3.67. The predicted octanol–water partition coefficient (Wildman–Crippen LogP) is 23.2. The third kappa shape index (κ3) is 65.0. The summed E-state index contributed by atoms with van der Waals surface area (Å²) >= 11 is 0. The lowest BCUT2D eigenvalue weighted by Gasteiger charge is -2.18. The molecule has 79 heavy (non-hydrogen) atoms. The second kappa shape index (κ2) is 66.8. The molecule has 0 spiro atoms. The van der Waals surface area contributed by atoms with E-state index < -0.39 is 6.10 Å². The van der Waals surface area contributed by atoms with Crippen LogP contribution in [0.15, 0.2) is 97.2 Å². The molecule has 0 saturated heterocycles. The first kappa shape index (κ1) is 75.3. The lowest BCUT2D eigenvalue weighted by Crippen LogP contribution is -2.30. The van der Waals surface area contributed by atoms with Gasteiger partial charge in [0.25, 0.3) is 0 Å². The van der Waals surface area contributed by atoms with Crippen molar-refractivity contribution in [3.8, 4) is 0 Å². The first-order valence-electron chi connectivity index (χ1n) is 33.7. The molecule has 1 unspecified atom stereocenters. The number of ether oxygens (including phenoxy) is 3. The molecule has 6 heteroatoms. The minimum atomic E-state index is -0.783. The van der Waals surface area contributed by atoms with Crippen LogP contribution in [0.2, 0.25) is 0 Å². The predicted molar refractivity (Wildman–Crippen MR) is 344 cm³/mol. The zero-order valence-corrected chi connectivity index (χ0v) is 52.1. The van der Waals surface area contributed by atoms with Crippen molar-refractivity contribution >= 4 is 17.9 Å². The van der Waals surface area contributed by atoms with E-state index >= 15 is 0 Å². The molecule has 0 rings (SSSR count). The molecule has 0 heterocycles. The highest BCUT2D eigenvalue weighted by Crippen LogP contribution is 2.17. The number of rotatable bonds is 61. The number of unbranched alkanes of at least 4 members (excludes halogenated alkanes) is 34. The number of hydrogen-bond donors (Lipinski definition) is 0. The average molecular weight is 1100 g/mol. The topological polar surface area (TPSA) is 78.9 Å². The molecular formula is C73H126O6. The maximum Gasteiger partial charge on any atom is 0.306 e. The van der Waals surface area contributed by atoms with E-state index in [0.29, 0.717) is 19.3 Å². The summed E-state index contributed by atoms with van der Waals surface area (Å²) in [5.74, 6) is -0.876. The molecule has 0 aromatic heterocycles. The van der Waals surface area contributed by atoms with Crippen LogP contribution in [0.5, 0.6) is 0 Å². The van der Waals surface area contributed by atoms with Gasteiger partial charge in [0.2, 0.25) is 0 Å². The van der Waals surface area contributed by atoms with Crippen molar-refractivity contribution < 1.29 is 28.6 Å². The van der Waals surface area contributed by atoms with Gasteiger partial charge in [-0.15, -0.1) is 0 Å². The summed E-state index contributed by atoms with van der Waals surface area (Å²) in [5.41, 5.74) is 0. The summed E-state index contributed by atoms with van der Waals surface area (Å²) in [6.07, 6.45) is 89.8. The number of carbonyl (C=O) groups excluding carboxylic acids is 3. The highest BCUT2D eigenvalue weighted by Gasteiger charge is 2.19. The van der Waals surface area contributed by atoms with Crippen LogP contribution < -0.4 is 0 Å². The van der Waals surface area contributed by atoms with E-state index in [1.54, 1.807) is 0 Å². The van der Waals surface area contributed by atoms with Gasteiger partial charge in [-0.1, -0.05) is 304 Å². The van der Waals surface area contributed by atoms with Gasteiger partial charge in [0.15, 0.2) is 6.10 Å². The van der Waals surface area contributed by atoms with Gasteiger partial charge in [0.1, 0.15) is 13.2 Å². The molecular weight excluding hydrogens is 973 g/mol. The fourth-order valence-corrected chi connectivity index (χ4v) is 9.54. The Labute approximate surface area is 489 Å². The molecule has 0 aromatic rings. The summed E-state index contributed by atoms with van der Waals surface area (Å²) in [6, 6.07) is 0. The van der Waals surface area contributed by atoms with Crippen molar-refractivity contribution in [1.82, 2.24) is 0 Å². The van der Waals surface area contributed by atoms with Gasteiger partial charge in [-0.25, -0.2) is 0 Å². The van der Waals surface area contributed by atoms with Crippen LogP contribution in [0.25, 0.3) is 0 Å². The molecule has 6 nitrogen and oxygen atoms in total. The van der Waals surface area contributed by atoms with E-state index in [1.807, 2.05) is 0 Å². The number of esters is 3. The second-order valence-corrected chi connectivity index (χ2v) is 22.4. The van der Waals surface area contributed by atoms with Gasteiger partial charge in [0, 0.05) is 19.3 Å². The van der Waals surface area contributed by atoms with Crippen molar-refractivity contribution in [3.63, 3.8) is 0 Å². The number of carbonyl (C=O) groups is 3. The Bertz CT molecular complexity index is 1540. The van der Waals surface area contributed by atoms with Gasteiger partial charge < -0.3 is 14.2 Å². The van der Waals surface area contributed by atoms with Gasteiger partial charge in [-0.2, -0.15) is 0 Å². The van der Waals surface area contributed by atoms with E-state index in [2.05, 4.69) is 118 Å². The molecule has 0 aromatic carbocycles. The van der Waals surface area contributed by atoms with Crippen molar-refractivity contribution in [3.05, 3.63) is 97.2 Å². The zero-order valence-electron chi connectivity index (χ0n) is 52.1. The Balaban J connectivity index is 4.31. The molecule has 0 bridgehead atoms. The first-order chi connectivity index (χ1) is 39.0. The Morgan fingerprint density at radius 3 is 0.797 bits per heavy atom. The molecule has 0 aliphatic carbocycles. The standard InChI is InChI=1S/C73H126O6/c1-4-7-10-13-16-19-22-25-28-30-31-32-33-34-35-36-37-38-39-40-41-43-45-48-51-54-57-60-63-66-72(75)78-69-70(68-77-71(74)65-62-59-56-53-50-47-44-27-24-21-18-15-12-9-6-3)79-73(76)67-64-61-58-55-52-49-46-42-29-26-23-20-17-14-11-8-5-2/h7,10,16-17,19-20,25-26,28-29,31-32,34-35,37-38,70H,4-6,8-9,11-15,18,21-24,27,30,33,36,39-69H2,1-3H3/b10-7-,19-16-,20-17-,28-25-,29-26-,32-31-,35-34-,38-37-. The van der Waals surface area contributed by atoms with E-state index in [9.17, 15) is 14.4 Å². The average Bonchev–Trinajstić information content (AvgIpc) is 3.45.